The lowest BCUT2D eigenvalue weighted by molar-refractivity contribution is -0.129. The number of thiophene rings is 1. The minimum atomic E-state index is -0.0211. The van der Waals surface area contributed by atoms with Crippen LogP contribution in [0.4, 0.5) is 0 Å². The van der Waals surface area contributed by atoms with Crippen molar-refractivity contribution >= 4 is 39.2 Å². The maximum absolute atomic E-state index is 13.3. The Hall–Kier alpha value is -2.78. The highest BCUT2D eigenvalue weighted by Crippen LogP contribution is 2.36. The van der Waals surface area contributed by atoms with Gasteiger partial charge in [-0.3, -0.25) is 14.2 Å². The van der Waals surface area contributed by atoms with Gasteiger partial charge in [0.25, 0.3) is 5.56 Å². The number of allylic oxidation sites excluding steroid dienone is 1. The van der Waals surface area contributed by atoms with Crippen LogP contribution in [0.1, 0.15) is 28.0 Å². The van der Waals surface area contributed by atoms with E-state index in [1.54, 1.807) is 36.2 Å². The molecule has 2 aromatic heterocycles. The molecule has 0 saturated heterocycles. The number of nitrogens with zero attached hydrogens (tertiary/aromatic N) is 3. The summed E-state index contributed by atoms with van der Waals surface area (Å²) >= 11 is 2.95. The van der Waals surface area contributed by atoms with E-state index >= 15 is 0 Å². The average molecular weight is 498 g/mol. The molecule has 9 heteroatoms. The first-order chi connectivity index (χ1) is 16.5. The lowest BCUT2D eigenvalue weighted by atomic mass is 9.99. The van der Waals surface area contributed by atoms with E-state index in [1.807, 2.05) is 17.0 Å². The molecule has 0 N–H and O–H groups in total. The van der Waals surface area contributed by atoms with Crippen LogP contribution in [0.3, 0.4) is 0 Å². The fraction of sp³-hybridized carbons (Fsp3) is 0.400. The van der Waals surface area contributed by atoms with Gasteiger partial charge in [-0.2, -0.15) is 0 Å². The molecule has 7 nitrogen and oxygen atoms in total. The van der Waals surface area contributed by atoms with Crippen molar-refractivity contribution in [3.8, 4) is 11.5 Å². The lowest BCUT2D eigenvalue weighted by Crippen LogP contribution is -2.37. The summed E-state index contributed by atoms with van der Waals surface area (Å²) in [6, 6.07) is 3.95. The SMILES string of the molecule is C=CCn1c(SCC(=O)N2CCc3cc(OC)c(OC)cc3C2)nc2sc3c(c2c1=O)CCC3. The molecule has 1 amide bonds. The molecule has 1 aliphatic heterocycles. The van der Waals surface area contributed by atoms with Gasteiger partial charge in [0, 0.05) is 24.5 Å². The number of ether oxygens (including phenoxy) is 2. The van der Waals surface area contributed by atoms with E-state index in [9.17, 15) is 9.59 Å². The molecule has 2 aliphatic rings. The number of hydrogen-bond donors (Lipinski definition) is 0. The van der Waals surface area contributed by atoms with E-state index in [2.05, 4.69) is 6.58 Å². The summed E-state index contributed by atoms with van der Waals surface area (Å²) in [7, 11) is 3.24. The minimum absolute atomic E-state index is 0.0211. The van der Waals surface area contributed by atoms with E-state index in [0.29, 0.717) is 36.3 Å². The van der Waals surface area contributed by atoms with Crippen molar-refractivity contribution < 1.29 is 14.3 Å². The van der Waals surface area contributed by atoms with Gasteiger partial charge in [0.15, 0.2) is 16.7 Å². The van der Waals surface area contributed by atoms with Gasteiger partial charge >= 0.3 is 0 Å². The molecule has 0 saturated carbocycles. The topological polar surface area (TPSA) is 73.7 Å². The van der Waals surface area contributed by atoms with Crippen LogP contribution in [0, 0.1) is 0 Å². The van der Waals surface area contributed by atoms with Crippen LogP contribution < -0.4 is 15.0 Å². The average Bonchev–Trinajstić information content (AvgIpc) is 3.44. The first-order valence-corrected chi connectivity index (χ1v) is 13.1. The second kappa shape index (κ2) is 9.46. The van der Waals surface area contributed by atoms with E-state index in [-0.39, 0.29) is 17.2 Å². The van der Waals surface area contributed by atoms with Crippen molar-refractivity contribution in [1.29, 1.82) is 0 Å². The molecule has 0 unspecified atom stereocenters. The largest absolute Gasteiger partial charge is 0.493 e. The zero-order valence-corrected chi connectivity index (χ0v) is 21.0. The van der Waals surface area contributed by atoms with Crippen LogP contribution in [-0.4, -0.2) is 46.9 Å². The zero-order chi connectivity index (χ0) is 23.8. The molecular formula is C25H27N3O4S2. The highest BCUT2D eigenvalue weighted by atomic mass is 32.2. The van der Waals surface area contributed by atoms with Gasteiger partial charge < -0.3 is 14.4 Å². The Labute approximate surface area is 206 Å². The Morgan fingerprint density at radius 3 is 2.71 bits per heavy atom. The van der Waals surface area contributed by atoms with Crippen LogP contribution in [0.2, 0.25) is 0 Å². The number of benzene rings is 1. The van der Waals surface area contributed by atoms with E-state index in [0.717, 1.165) is 41.5 Å². The van der Waals surface area contributed by atoms with Crippen LogP contribution in [0.25, 0.3) is 10.2 Å². The molecule has 0 atom stereocenters. The molecule has 1 aromatic carbocycles. The first-order valence-electron chi connectivity index (χ1n) is 11.3. The van der Waals surface area contributed by atoms with Crippen LogP contribution >= 0.6 is 23.1 Å². The quantitative estimate of drug-likeness (QED) is 0.281. The predicted molar refractivity (Wildman–Crippen MR) is 135 cm³/mol. The third kappa shape index (κ3) is 4.01. The van der Waals surface area contributed by atoms with Crippen molar-refractivity contribution in [3.63, 3.8) is 0 Å². The number of thioether (sulfide) groups is 1. The lowest BCUT2D eigenvalue weighted by Gasteiger charge is -2.29. The summed E-state index contributed by atoms with van der Waals surface area (Å²) in [6.45, 7) is 5.35. The summed E-state index contributed by atoms with van der Waals surface area (Å²) < 4.78 is 12.5. The standard InChI is InChI=1S/C25H27N3O4S2/c1-4-9-28-24(30)22-17-6-5-7-20(17)34-23(22)26-25(28)33-14-21(29)27-10-8-15-11-18(31-2)19(32-3)12-16(15)13-27/h4,11-12H,1,5-10,13-14H2,2-3H3. The smallest absolute Gasteiger partial charge is 0.263 e. The molecule has 3 heterocycles. The Morgan fingerprint density at radius 2 is 1.97 bits per heavy atom. The number of hydrogen-bond acceptors (Lipinski definition) is 7. The Kier molecular flexibility index (Phi) is 6.40. The number of methoxy groups -OCH3 is 2. The summed E-state index contributed by atoms with van der Waals surface area (Å²) in [5.74, 6) is 1.62. The number of amides is 1. The third-order valence-electron chi connectivity index (χ3n) is 6.50. The molecule has 0 bridgehead atoms. The van der Waals surface area contributed by atoms with Gasteiger partial charge in [-0.1, -0.05) is 17.8 Å². The summed E-state index contributed by atoms with van der Waals surface area (Å²) in [5, 5.41) is 1.33. The maximum atomic E-state index is 13.3. The third-order valence-corrected chi connectivity index (χ3v) is 8.64. The van der Waals surface area contributed by atoms with Crippen molar-refractivity contribution in [3.05, 3.63) is 56.7 Å². The fourth-order valence-corrected chi connectivity index (χ4v) is 6.99. The second-order valence-electron chi connectivity index (χ2n) is 8.47. The Bertz CT molecular complexity index is 1340. The van der Waals surface area contributed by atoms with Gasteiger partial charge in [-0.15, -0.1) is 17.9 Å². The number of carbonyl (C=O) groups is 1. The monoisotopic (exact) mass is 497 g/mol. The van der Waals surface area contributed by atoms with E-state index in [1.165, 1.54) is 27.8 Å². The van der Waals surface area contributed by atoms with Crippen LogP contribution in [0.5, 0.6) is 11.5 Å². The Balaban J connectivity index is 1.36. The van der Waals surface area contributed by atoms with Crippen molar-refractivity contribution in [2.24, 2.45) is 0 Å². The van der Waals surface area contributed by atoms with Crippen molar-refractivity contribution in [1.82, 2.24) is 14.5 Å². The van der Waals surface area contributed by atoms with Gasteiger partial charge in [-0.25, -0.2) is 4.98 Å². The molecule has 0 radical (unpaired) electrons. The Morgan fingerprint density at radius 1 is 1.21 bits per heavy atom. The fourth-order valence-electron chi connectivity index (χ4n) is 4.77. The molecule has 178 valence electrons. The normalized spacial score (nSPS) is 14.7. The van der Waals surface area contributed by atoms with Crippen molar-refractivity contribution in [2.45, 2.75) is 43.9 Å². The maximum Gasteiger partial charge on any atom is 0.263 e. The highest BCUT2D eigenvalue weighted by molar-refractivity contribution is 7.99. The van der Waals surface area contributed by atoms with Crippen LogP contribution in [0.15, 0.2) is 34.7 Å². The van der Waals surface area contributed by atoms with E-state index < -0.39 is 0 Å². The molecule has 3 aromatic rings. The van der Waals surface area contributed by atoms with Crippen LogP contribution in [-0.2, 0) is 37.1 Å². The summed E-state index contributed by atoms with van der Waals surface area (Å²) in [4.78, 5) is 35.1. The molecule has 34 heavy (non-hydrogen) atoms. The first kappa shape index (κ1) is 23.0. The molecule has 0 spiro atoms. The van der Waals surface area contributed by atoms with E-state index in [4.69, 9.17) is 14.5 Å². The minimum Gasteiger partial charge on any atom is -0.493 e. The van der Waals surface area contributed by atoms with Gasteiger partial charge in [-0.05, 0) is 54.5 Å². The number of fused-ring (bicyclic) bond motifs is 4. The zero-order valence-electron chi connectivity index (χ0n) is 19.4. The molecule has 1 aliphatic carbocycles. The van der Waals surface area contributed by atoms with Gasteiger partial charge in [0.05, 0.1) is 25.4 Å². The summed E-state index contributed by atoms with van der Waals surface area (Å²) in [5.41, 5.74) is 3.39. The number of aromatic nitrogens is 2. The summed E-state index contributed by atoms with van der Waals surface area (Å²) in [6.07, 6.45) is 5.53. The molecule has 0 fully saturated rings. The number of carbonyl (C=O) groups excluding carboxylic acids is 1. The molecule has 5 rings (SSSR count). The van der Waals surface area contributed by atoms with Gasteiger partial charge in [0.1, 0.15) is 4.83 Å². The molecular weight excluding hydrogens is 470 g/mol. The van der Waals surface area contributed by atoms with Crippen molar-refractivity contribution in [2.75, 3.05) is 26.5 Å². The highest BCUT2D eigenvalue weighted by Gasteiger charge is 2.25. The number of rotatable bonds is 7. The number of aryl methyl sites for hydroxylation is 2. The second-order valence-corrected chi connectivity index (χ2v) is 10.5. The van der Waals surface area contributed by atoms with Gasteiger partial charge in [0.2, 0.25) is 5.91 Å². The predicted octanol–water partition coefficient (Wildman–Crippen LogP) is 3.83.